The fourth-order valence-corrected chi connectivity index (χ4v) is 7.26. The van der Waals surface area contributed by atoms with Gasteiger partial charge in [-0.3, -0.25) is 0 Å². The van der Waals surface area contributed by atoms with Crippen LogP contribution in [0.2, 0.25) is 0 Å². The predicted octanol–water partition coefficient (Wildman–Crippen LogP) is 5.02. The van der Waals surface area contributed by atoms with Crippen molar-refractivity contribution in [2.75, 3.05) is 44.7 Å². The van der Waals surface area contributed by atoms with Crippen LogP contribution >= 0.6 is 0 Å². The largest absolute Gasteiger partial charge is 0.466 e. The highest BCUT2D eigenvalue weighted by Gasteiger charge is 2.48. The smallest absolute Gasteiger partial charge is 0.410 e. The number of nitriles is 1. The molecule has 0 bridgehead atoms. The minimum Gasteiger partial charge on any atom is -0.466 e. The van der Waals surface area contributed by atoms with Gasteiger partial charge in [-0.1, -0.05) is 31.2 Å². The Morgan fingerprint density at radius 1 is 1.19 bits per heavy atom. The number of anilines is 1. The van der Waals surface area contributed by atoms with Crippen LogP contribution < -0.4 is 14.4 Å². The second-order valence-electron chi connectivity index (χ2n) is 13.6. The van der Waals surface area contributed by atoms with Crippen LogP contribution in [0.1, 0.15) is 82.4 Å². The molecule has 10 heteroatoms. The van der Waals surface area contributed by atoms with Crippen molar-refractivity contribution < 1.29 is 19.0 Å². The number of nitrogens with zero attached hydrogens (tertiary/aromatic N) is 6. The molecule has 3 unspecified atom stereocenters. The number of carbonyl (C=O) groups is 1. The Bertz CT molecular complexity index is 1400. The SMILES string of the molecule is CC1CC2(CCc3c(nc(OC[C@@H]4CCCN4C)nc3N3CCN(C(=O)OC(C)(C)C)C(CC#N)C3)O2)c2ccccc21. The van der Waals surface area contributed by atoms with Crippen LogP contribution in [0.3, 0.4) is 0 Å². The summed E-state index contributed by atoms with van der Waals surface area (Å²) in [6.45, 7) is 10.9. The van der Waals surface area contributed by atoms with Crippen molar-refractivity contribution in [3.63, 3.8) is 0 Å². The Kier molecular flexibility index (Phi) is 7.88. The zero-order valence-corrected chi connectivity index (χ0v) is 26.1. The van der Waals surface area contributed by atoms with E-state index in [9.17, 15) is 10.1 Å². The molecule has 1 aromatic carbocycles. The molecule has 1 aliphatic carbocycles. The number of piperazine rings is 1. The average Bonchev–Trinajstić information content (AvgIpc) is 3.50. The zero-order valence-electron chi connectivity index (χ0n) is 26.1. The number of hydrogen-bond donors (Lipinski definition) is 0. The van der Waals surface area contributed by atoms with E-state index in [0.29, 0.717) is 50.1 Å². The molecule has 4 aliphatic rings. The Hall–Kier alpha value is -3.58. The van der Waals surface area contributed by atoms with Crippen molar-refractivity contribution in [3.05, 3.63) is 41.0 Å². The van der Waals surface area contributed by atoms with Gasteiger partial charge in [0.25, 0.3) is 0 Å². The molecule has 10 nitrogen and oxygen atoms in total. The number of fused-ring (bicyclic) bond motifs is 3. The molecule has 4 heterocycles. The first-order valence-electron chi connectivity index (χ1n) is 15.7. The zero-order chi connectivity index (χ0) is 30.4. The molecule has 43 heavy (non-hydrogen) atoms. The lowest BCUT2D eigenvalue weighted by Crippen LogP contribution is -2.56. The summed E-state index contributed by atoms with van der Waals surface area (Å²) in [7, 11) is 2.13. The lowest BCUT2D eigenvalue weighted by Gasteiger charge is -2.43. The Labute approximate surface area is 254 Å². The van der Waals surface area contributed by atoms with Gasteiger partial charge in [0.05, 0.1) is 24.1 Å². The molecule has 2 fully saturated rings. The molecule has 2 aromatic rings. The third kappa shape index (κ3) is 5.84. The van der Waals surface area contributed by atoms with Crippen LogP contribution in [-0.4, -0.2) is 83.4 Å². The molecule has 230 valence electrons. The first-order valence-corrected chi connectivity index (χ1v) is 15.7. The average molecular weight is 589 g/mol. The van der Waals surface area contributed by atoms with Gasteiger partial charge in [0.15, 0.2) is 0 Å². The molecular formula is C33H44N6O4. The maximum absolute atomic E-state index is 13.0. The fraction of sp³-hybridized carbons (Fsp3) is 0.636. The molecule has 1 amide bonds. The topological polar surface area (TPSA) is 104 Å². The van der Waals surface area contributed by atoms with E-state index in [0.717, 1.165) is 50.0 Å². The highest BCUT2D eigenvalue weighted by atomic mass is 16.6. The minimum atomic E-state index is -0.611. The molecule has 0 N–H and O–H groups in total. The number of hydrogen-bond acceptors (Lipinski definition) is 9. The van der Waals surface area contributed by atoms with E-state index in [4.69, 9.17) is 24.2 Å². The second kappa shape index (κ2) is 11.5. The lowest BCUT2D eigenvalue weighted by atomic mass is 9.86. The number of likely N-dealkylation sites (N-methyl/N-ethyl adjacent to an activating group) is 1. The van der Waals surface area contributed by atoms with Gasteiger partial charge in [-0.2, -0.15) is 15.2 Å². The molecule has 6 rings (SSSR count). The van der Waals surface area contributed by atoms with E-state index >= 15 is 0 Å². The van der Waals surface area contributed by atoms with Gasteiger partial charge < -0.3 is 28.9 Å². The van der Waals surface area contributed by atoms with E-state index in [2.05, 4.69) is 54.1 Å². The number of aromatic nitrogens is 2. The van der Waals surface area contributed by atoms with Crippen molar-refractivity contribution in [1.82, 2.24) is 19.8 Å². The van der Waals surface area contributed by atoms with Gasteiger partial charge in [0, 0.05) is 25.7 Å². The summed E-state index contributed by atoms with van der Waals surface area (Å²) < 4.78 is 18.9. The number of ether oxygens (including phenoxy) is 3. The van der Waals surface area contributed by atoms with Crippen LogP contribution in [0.4, 0.5) is 10.6 Å². The first kappa shape index (κ1) is 29.5. The summed E-state index contributed by atoms with van der Waals surface area (Å²) in [5.74, 6) is 1.77. The van der Waals surface area contributed by atoms with E-state index in [1.807, 2.05) is 20.8 Å². The molecule has 4 atom stereocenters. The third-order valence-electron chi connectivity index (χ3n) is 9.43. The highest BCUT2D eigenvalue weighted by Crippen LogP contribution is 2.53. The maximum atomic E-state index is 13.0. The first-order chi connectivity index (χ1) is 20.6. The summed E-state index contributed by atoms with van der Waals surface area (Å²) in [5, 5.41) is 9.64. The van der Waals surface area contributed by atoms with Crippen molar-refractivity contribution in [1.29, 1.82) is 5.26 Å². The van der Waals surface area contributed by atoms with Crippen LogP contribution in [-0.2, 0) is 16.8 Å². The Balaban J connectivity index is 1.31. The maximum Gasteiger partial charge on any atom is 0.410 e. The fourth-order valence-electron chi connectivity index (χ4n) is 7.26. The van der Waals surface area contributed by atoms with E-state index in [-0.39, 0.29) is 18.6 Å². The Morgan fingerprint density at radius 3 is 2.74 bits per heavy atom. The molecule has 1 aromatic heterocycles. The summed E-state index contributed by atoms with van der Waals surface area (Å²) in [5.41, 5.74) is 2.54. The van der Waals surface area contributed by atoms with Crippen molar-refractivity contribution in [2.45, 2.75) is 95.4 Å². The van der Waals surface area contributed by atoms with E-state index in [1.54, 1.807) is 4.90 Å². The predicted molar refractivity (Wildman–Crippen MR) is 162 cm³/mol. The van der Waals surface area contributed by atoms with E-state index < -0.39 is 11.2 Å². The third-order valence-corrected chi connectivity index (χ3v) is 9.43. The monoisotopic (exact) mass is 588 g/mol. The minimum absolute atomic E-state index is 0.203. The van der Waals surface area contributed by atoms with Crippen LogP contribution in [0.5, 0.6) is 11.9 Å². The number of likely N-dealkylation sites (tertiary alicyclic amines) is 1. The number of benzene rings is 1. The summed E-state index contributed by atoms with van der Waals surface area (Å²) in [6.07, 6.45) is 4.58. The van der Waals surface area contributed by atoms with Gasteiger partial charge in [-0.05, 0) is 83.5 Å². The molecule has 1 spiro atoms. The van der Waals surface area contributed by atoms with Gasteiger partial charge in [0.1, 0.15) is 23.6 Å². The second-order valence-corrected chi connectivity index (χ2v) is 13.6. The summed E-state index contributed by atoms with van der Waals surface area (Å²) in [6, 6.07) is 11.2. The van der Waals surface area contributed by atoms with Crippen molar-refractivity contribution >= 4 is 11.9 Å². The molecule has 0 saturated carbocycles. The summed E-state index contributed by atoms with van der Waals surface area (Å²) in [4.78, 5) is 29.1. The standard InChI is InChI=1S/C33H44N6O4/c1-22-19-33(27-11-7-6-10-25(22)27)14-12-26-28(35-30(36-29(26)42-33)41-21-24-9-8-16-37(24)5)38-17-18-39(23(20-38)13-15-34)31(40)43-32(2,3)4/h6-7,10-11,22-24H,8-9,12-14,16-21H2,1-5H3/t22?,23?,24-,33?/m0/s1. The number of carbonyl (C=O) groups excluding carboxylic acids is 1. The van der Waals surface area contributed by atoms with Gasteiger partial charge in [-0.15, -0.1) is 0 Å². The summed E-state index contributed by atoms with van der Waals surface area (Å²) >= 11 is 0. The van der Waals surface area contributed by atoms with Crippen LogP contribution in [0.25, 0.3) is 0 Å². The number of rotatable bonds is 5. The lowest BCUT2D eigenvalue weighted by molar-refractivity contribution is 0.0142. The van der Waals surface area contributed by atoms with Crippen LogP contribution in [0.15, 0.2) is 24.3 Å². The van der Waals surface area contributed by atoms with Crippen molar-refractivity contribution in [2.24, 2.45) is 0 Å². The normalized spacial score (nSPS) is 26.9. The van der Waals surface area contributed by atoms with Crippen molar-refractivity contribution in [3.8, 4) is 18.0 Å². The highest BCUT2D eigenvalue weighted by molar-refractivity contribution is 5.69. The molecule has 0 radical (unpaired) electrons. The van der Waals surface area contributed by atoms with Crippen LogP contribution in [0, 0.1) is 11.3 Å². The molecule has 2 saturated heterocycles. The van der Waals surface area contributed by atoms with Gasteiger partial charge in [0.2, 0.25) is 5.88 Å². The quantitative estimate of drug-likeness (QED) is 0.476. The molecule has 3 aliphatic heterocycles. The Morgan fingerprint density at radius 2 is 2.00 bits per heavy atom. The van der Waals surface area contributed by atoms with E-state index in [1.165, 1.54) is 11.1 Å². The number of amides is 1. The van der Waals surface area contributed by atoms with Gasteiger partial charge >= 0.3 is 12.1 Å². The van der Waals surface area contributed by atoms with Gasteiger partial charge in [-0.25, -0.2) is 4.79 Å². The molecular weight excluding hydrogens is 544 g/mol.